The average molecular weight is 357 g/mol. The first-order chi connectivity index (χ1) is 12.5. The molecule has 1 atom stereocenters. The number of aryl methyl sites for hydroxylation is 1. The number of amides is 1. The van der Waals surface area contributed by atoms with Crippen LogP contribution >= 0.6 is 0 Å². The summed E-state index contributed by atoms with van der Waals surface area (Å²) in [5.41, 5.74) is 7.36. The number of primary amides is 1. The number of carbonyl (C=O) groups is 1. The number of fused-ring (bicyclic) bond motifs is 1. The molecule has 2 aromatic rings. The van der Waals surface area contributed by atoms with Crippen molar-refractivity contribution < 1.29 is 14.3 Å². The van der Waals surface area contributed by atoms with E-state index >= 15 is 0 Å². The van der Waals surface area contributed by atoms with Gasteiger partial charge < -0.3 is 20.1 Å². The summed E-state index contributed by atoms with van der Waals surface area (Å²) in [5.74, 6) is 2.64. The second-order valence-corrected chi connectivity index (χ2v) is 6.98. The SMILES string of the molecule is COc1cc2nc(N3CCCC(CCC(N)=O)C3)cc(C)c2cc1OC. The number of nitrogens with two attached hydrogens (primary N) is 1. The smallest absolute Gasteiger partial charge is 0.217 e. The molecule has 1 aromatic heterocycles. The van der Waals surface area contributed by atoms with Crippen molar-refractivity contribution in [2.75, 3.05) is 32.2 Å². The van der Waals surface area contributed by atoms with Crippen LogP contribution in [0.25, 0.3) is 10.9 Å². The fourth-order valence-electron chi connectivity index (χ4n) is 3.72. The minimum absolute atomic E-state index is 0.220. The summed E-state index contributed by atoms with van der Waals surface area (Å²) in [6.07, 6.45) is 3.55. The van der Waals surface area contributed by atoms with E-state index in [4.69, 9.17) is 20.2 Å². The van der Waals surface area contributed by atoms with Crippen molar-refractivity contribution in [1.29, 1.82) is 0 Å². The second kappa shape index (κ2) is 7.81. The molecular formula is C20H27N3O3. The van der Waals surface area contributed by atoms with E-state index in [2.05, 4.69) is 17.9 Å². The van der Waals surface area contributed by atoms with Gasteiger partial charge in [-0.2, -0.15) is 0 Å². The monoisotopic (exact) mass is 357 g/mol. The minimum Gasteiger partial charge on any atom is -0.493 e. The lowest BCUT2D eigenvalue weighted by molar-refractivity contribution is -0.118. The van der Waals surface area contributed by atoms with Gasteiger partial charge in [-0.3, -0.25) is 4.79 Å². The summed E-state index contributed by atoms with van der Waals surface area (Å²) in [5, 5.41) is 1.06. The van der Waals surface area contributed by atoms with E-state index in [1.807, 2.05) is 12.1 Å². The fourth-order valence-corrected chi connectivity index (χ4v) is 3.72. The van der Waals surface area contributed by atoms with Crippen molar-refractivity contribution in [1.82, 2.24) is 4.98 Å². The van der Waals surface area contributed by atoms with Gasteiger partial charge >= 0.3 is 0 Å². The Morgan fingerprint density at radius 1 is 1.27 bits per heavy atom. The molecule has 0 bridgehead atoms. The molecule has 26 heavy (non-hydrogen) atoms. The van der Waals surface area contributed by atoms with Gasteiger partial charge in [0.15, 0.2) is 11.5 Å². The third-order valence-electron chi connectivity index (χ3n) is 5.15. The Balaban J connectivity index is 1.89. The number of aromatic nitrogens is 1. The molecule has 3 rings (SSSR count). The molecule has 6 heteroatoms. The molecule has 140 valence electrons. The lowest BCUT2D eigenvalue weighted by Gasteiger charge is -2.34. The van der Waals surface area contributed by atoms with Gasteiger partial charge in [0.1, 0.15) is 5.82 Å². The van der Waals surface area contributed by atoms with Crippen LogP contribution in [0.1, 0.15) is 31.2 Å². The van der Waals surface area contributed by atoms with Gasteiger partial charge in [0.2, 0.25) is 5.91 Å². The number of ether oxygens (including phenoxy) is 2. The summed E-state index contributed by atoms with van der Waals surface area (Å²) in [6.45, 7) is 3.99. The molecular weight excluding hydrogens is 330 g/mol. The van der Waals surface area contributed by atoms with Crippen LogP contribution in [0.4, 0.5) is 5.82 Å². The van der Waals surface area contributed by atoms with Crippen LogP contribution in [0, 0.1) is 12.8 Å². The van der Waals surface area contributed by atoms with E-state index in [0.29, 0.717) is 23.8 Å². The molecule has 0 spiro atoms. The molecule has 6 nitrogen and oxygen atoms in total. The first kappa shape index (κ1) is 18.3. The molecule has 0 radical (unpaired) electrons. The number of rotatable bonds is 6. The number of nitrogens with zero attached hydrogens (tertiary/aromatic N) is 2. The van der Waals surface area contributed by atoms with Crippen molar-refractivity contribution in [3.05, 3.63) is 23.8 Å². The van der Waals surface area contributed by atoms with Gasteiger partial charge in [0.05, 0.1) is 19.7 Å². The zero-order valence-electron chi connectivity index (χ0n) is 15.7. The maximum Gasteiger partial charge on any atom is 0.217 e. The molecule has 1 aliphatic rings. The van der Waals surface area contributed by atoms with Gasteiger partial charge in [0, 0.05) is 31.0 Å². The molecule has 1 aromatic carbocycles. The van der Waals surface area contributed by atoms with E-state index in [-0.39, 0.29) is 5.91 Å². The zero-order chi connectivity index (χ0) is 18.7. The molecule has 0 aliphatic carbocycles. The summed E-state index contributed by atoms with van der Waals surface area (Å²) < 4.78 is 10.8. The second-order valence-electron chi connectivity index (χ2n) is 6.98. The molecule has 2 heterocycles. The predicted octanol–water partition coefficient (Wildman–Crippen LogP) is 3.04. The van der Waals surface area contributed by atoms with Crippen molar-refractivity contribution in [2.24, 2.45) is 11.7 Å². The number of hydrogen-bond acceptors (Lipinski definition) is 5. The molecule has 1 aliphatic heterocycles. The molecule has 1 saturated heterocycles. The largest absolute Gasteiger partial charge is 0.493 e. The normalized spacial score (nSPS) is 17.3. The van der Waals surface area contributed by atoms with E-state index < -0.39 is 0 Å². The number of methoxy groups -OCH3 is 2. The standard InChI is InChI=1S/C20H27N3O3/c1-13-9-20(23-8-4-5-14(12-23)6-7-19(21)24)22-16-11-18(26-3)17(25-2)10-15(13)16/h9-11,14H,4-8,12H2,1-3H3,(H2,21,24). The van der Waals surface area contributed by atoms with Gasteiger partial charge in [0.25, 0.3) is 0 Å². The minimum atomic E-state index is -0.220. The van der Waals surface area contributed by atoms with Crippen molar-refractivity contribution in [3.8, 4) is 11.5 Å². The van der Waals surface area contributed by atoms with Gasteiger partial charge in [-0.05, 0) is 49.8 Å². The number of piperidine rings is 1. The Morgan fingerprint density at radius 2 is 2.00 bits per heavy atom. The topological polar surface area (TPSA) is 77.7 Å². The highest BCUT2D eigenvalue weighted by molar-refractivity contribution is 5.87. The highest BCUT2D eigenvalue weighted by Crippen LogP contribution is 2.35. The van der Waals surface area contributed by atoms with Crippen LogP contribution in [0.5, 0.6) is 11.5 Å². The summed E-state index contributed by atoms with van der Waals surface area (Å²) in [7, 11) is 3.27. The van der Waals surface area contributed by atoms with Crippen LogP contribution < -0.4 is 20.1 Å². The number of carbonyl (C=O) groups excluding carboxylic acids is 1. The highest BCUT2D eigenvalue weighted by Gasteiger charge is 2.22. The van der Waals surface area contributed by atoms with Crippen LogP contribution in [0.15, 0.2) is 18.2 Å². The van der Waals surface area contributed by atoms with E-state index in [0.717, 1.165) is 54.6 Å². The van der Waals surface area contributed by atoms with Crippen molar-refractivity contribution in [3.63, 3.8) is 0 Å². The highest BCUT2D eigenvalue weighted by atomic mass is 16.5. The van der Waals surface area contributed by atoms with Crippen LogP contribution in [-0.4, -0.2) is 38.2 Å². The third-order valence-corrected chi connectivity index (χ3v) is 5.15. The van der Waals surface area contributed by atoms with Crippen molar-refractivity contribution >= 4 is 22.6 Å². The molecule has 2 N–H and O–H groups in total. The van der Waals surface area contributed by atoms with E-state index in [9.17, 15) is 4.79 Å². The van der Waals surface area contributed by atoms with Gasteiger partial charge in [-0.1, -0.05) is 0 Å². The first-order valence-corrected chi connectivity index (χ1v) is 9.08. The Kier molecular flexibility index (Phi) is 5.49. The van der Waals surface area contributed by atoms with E-state index in [1.165, 1.54) is 0 Å². The number of benzene rings is 1. The molecule has 1 unspecified atom stereocenters. The molecule has 1 amide bonds. The van der Waals surface area contributed by atoms with Crippen LogP contribution in [0.2, 0.25) is 0 Å². The Bertz CT molecular complexity index is 806. The summed E-state index contributed by atoms with van der Waals surface area (Å²) >= 11 is 0. The Hall–Kier alpha value is -2.50. The molecule has 1 fully saturated rings. The maximum atomic E-state index is 11.1. The Labute approximate surface area is 154 Å². The van der Waals surface area contributed by atoms with Gasteiger partial charge in [-0.25, -0.2) is 4.98 Å². The quantitative estimate of drug-likeness (QED) is 0.860. The maximum absolute atomic E-state index is 11.1. The average Bonchev–Trinajstić information content (AvgIpc) is 2.65. The number of anilines is 1. The predicted molar refractivity (Wildman–Crippen MR) is 103 cm³/mol. The van der Waals surface area contributed by atoms with Gasteiger partial charge in [-0.15, -0.1) is 0 Å². The zero-order valence-corrected chi connectivity index (χ0v) is 15.7. The lowest BCUT2D eigenvalue weighted by atomic mass is 9.93. The number of pyridine rings is 1. The fraction of sp³-hybridized carbons (Fsp3) is 0.500. The summed E-state index contributed by atoms with van der Waals surface area (Å²) in [4.78, 5) is 18.3. The van der Waals surface area contributed by atoms with E-state index in [1.54, 1.807) is 14.2 Å². The molecule has 0 saturated carbocycles. The third kappa shape index (κ3) is 3.84. The summed E-state index contributed by atoms with van der Waals surface area (Å²) in [6, 6.07) is 6.04. The first-order valence-electron chi connectivity index (χ1n) is 9.08. The van der Waals surface area contributed by atoms with Crippen molar-refractivity contribution in [2.45, 2.75) is 32.6 Å². The Morgan fingerprint density at radius 3 is 2.69 bits per heavy atom. The van der Waals surface area contributed by atoms with Crippen LogP contribution in [-0.2, 0) is 4.79 Å². The van der Waals surface area contributed by atoms with Crippen LogP contribution in [0.3, 0.4) is 0 Å². The number of hydrogen-bond donors (Lipinski definition) is 1. The lowest BCUT2D eigenvalue weighted by Crippen LogP contribution is -2.36.